The van der Waals surface area contributed by atoms with Crippen molar-refractivity contribution in [2.45, 2.75) is 44.5 Å². The zero-order valence-electron chi connectivity index (χ0n) is 18.9. The van der Waals surface area contributed by atoms with E-state index in [9.17, 15) is 37.1 Å². The summed E-state index contributed by atoms with van der Waals surface area (Å²) in [7, 11) is 0. The van der Waals surface area contributed by atoms with E-state index in [0.717, 1.165) is 49.6 Å². The molecule has 3 rings (SSSR count). The van der Waals surface area contributed by atoms with Gasteiger partial charge in [-0.3, -0.25) is 4.79 Å². The Bertz CT molecular complexity index is 1170. The normalized spacial score (nSPS) is 15.0. The number of ether oxygens (including phenoxy) is 1. The van der Waals surface area contributed by atoms with E-state index in [4.69, 9.17) is 23.2 Å². The number of rotatable bonds is 7. The van der Waals surface area contributed by atoms with E-state index in [1.54, 1.807) is 0 Å². The van der Waals surface area contributed by atoms with Gasteiger partial charge in [-0.25, -0.2) is 14.0 Å². The molecule has 0 radical (unpaired) electrons. The Labute approximate surface area is 218 Å². The van der Waals surface area contributed by atoms with Crippen LogP contribution in [0, 0.1) is 11.7 Å². The monoisotopic (exact) mass is 565 g/mol. The van der Waals surface area contributed by atoms with E-state index in [1.165, 1.54) is 0 Å². The minimum atomic E-state index is -5.00. The number of carboxylic acid groups (broad SMARTS) is 1. The average Bonchev–Trinajstić information content (AvgIpc) is 2.79. The number of anilines is 2. The van der Waals surface area contributed by atoms with Gasteiger partial charge in [0.25, 0.3) is 5.91 Å². The third-order valence-corrected chi connectivity index (χ3v) is 6.23. The number of hydrogen-bond donors (Lipinski definition) is 4. The molecular weight excluding hydrogens is 545 g/mol. The van der Waals surface area contributed by atoms with Gasteiger partial charge in [0.2, 0.25) is 0 Å². The van der Waals surface area contributed by atoms with Crippen LogP contribution in [0.4, 0.5) is 33.7 Å². The Balaban J connectivity index is 1.77. The Morgan fingerprint density at radius 1 is 1.00 bits per heavy atom. The number of amides is 3. The van der Waals surface area contributed by atoms with Gasteiger partial charge in [0.1, 0.15) is 17.6 Å². The number of carboxylic acids is 1. The molecule has 0 aromatic heterocycles. The van der Waals surface area contributed by atoms with Crippen molar-refractivity contribution in [1.29, 1.82) is 0 Å². The molecule has 2 aromatic carbocycles. The largest absolute Gasteiger partial charge is 0.573 e. The molecule has 0 heterocycles. The maximum Gasteiger partial charge on any atom is 0.573 e. The molecule has 1 atom stereocenters. The second-order valence-electron chi connectivity index (χ2n) is 8.27. The summed E-state index contributed by atoms with van der Waals surface area (Å²) in [5.41, 5.74) is -0.794. The van der Waals surface area contributed by atoms with Crippen LogP contribution in [0.2, 0.25) is 10.0 Å². The number of alkyl halides is 3. The van der Waals surface area contributed by atoms with Crippen molar-refractivity contribution >= 4 is 52.5 Å². The number of aliphatic carboxylic acids is 1. The zero-order chi connectivity index (χ0) is 27.3. The number of benzene rings is 2. The summed E-state index contributed by atoms with van der Waals surface area (Å²) in [5.74, 6) is -3.86. The highest BCUT2D eigenvalue weighted by Gasteiger charge is 2.33. The topological polar surface area (TPSA) is 117 Å². The second-order valence-corrected chi connectivity index (χ2v) is 9.08. The standard InChI is InChI=1S/C23H21Cl2F4N3O5/c24-15-9-13(37-23(27,28)29)10-16(25)19(15)32-22(36)30-17-8-12(26)6-7-14(17)20(33)31-18(21(34)35)11-4-2-1-3-5-11/h6-11,18H,1-5H2,(H,31,33)(H,34,35)(H2,30,32,36)/t18-/m0/s1. The summed E-state index contributed by atoms with van der Waals surface area (Å²) in [4.78, 5) is 37.3. The molecule has 1 fully saturated rings. The molecule has 0 bridgehead atoms. The Morgan fingerprint density at radius 2 is 1.62 bits per heavy atom. The van der Waals surface area contributed by atoms with E-state index in [0.29, 0.717) is 12.8 Å². The van der Waals surface area contributed by atoms with Crippen molar-refractivity contribution in [3.8, 4) is 5.75 Å². The first-order valence-corrected chi connectivity index (χ1v) is 11.8. The third kappa shape index (κ3) is 7.86. The maximum absolute atomic E-state index is 13.9. The molecule has 0 aliphatic heterocycles. The highest BCUT2D eigenvalue weighted by molar-refractivity contribution is 6.40. The van der Waals surface area contributed by atoms with Gasteiger partial charge >= 0.3 is 18.4 Å². The first-order valence-electron chi connectivity index (χ1n) is 11.0. The summed E-state index contributed by atoms with van der Waals surface area (Å²) < 4.78 is 55.0. The van der Waals surface area contributed by atoms with Crippen LogP contribution in [0.15, 0.2) is 30.3 Å². The zero-order valence-corrected chi connectivity index (χ0v) is 20.4. The van der Waals surface area contributed by atoms with Crippen LogP contribution in [0.3, 0.4) is 0 Å². The summed E-state index contributed by atoms with van der Waals surface area (Å²) in [6, 6.07) is 2.19. The molecule has 0 saturated heterocycles. The number of carbonyl (C=O) groups excluding carboxylic acids is 2. The van der Waals surface area contributed by atoms with Gasteiger partial charge in [0.05, 0.1) is 27.0 Å². The van der Waals surface area contributed by atoms with Crippen molar-refractivity contribution in [2.75, 3.05) is 10.6 Å². The number of carbonyl (C=O) groups is 3. The van der Waals surface area contributed by atoms with Gasteiger partial charge in [-0.05, 0) is 37.0 Å². The molecule has 1 aliphatic carbocycles. The molecule has 1 aliphatic rings. The molecule has 3 amide bonds. The number of hydrogen-bond acceptors (Lipinski definition) is 4. The first-order chi connectivity index (χ1) is 17.3. The summed E-state index contributed by atoms with van der Waals surface area (Å²) in [5, 5.41) is 15.7. The van der Waals surface area contributed by atoms with Crippen molar-refractivity contribution in [3.05, 3.63) is 51.8 Å². The molecule has 200 valence electrons. The molecule has 1 saturated carbocycles. The van der Waals surface area contributed by atoms with Crippen molar-refractivity contribution in [1.82, 2.24) is 5.32 Å². The Morgan fingerprint density at radius 3 is 2.19 bits per heavy atom. The fourth-order valence-electron chi connectivity index (χ4n) is 4.01. The van der Waals surface area contributed by atoms with E-state index in [-0.39, 0.29) is 22.9 Å². The molecule has 0 spiro atoms. The number of urea groups is 1. The lowest BCUT2D eigenvalue weighted by Crippen LogP contribution is -2.46. The highest BCUT2D eigenvalue weighted by Crippen LogP contribution is 2.37. The van der Waals surface area contributed by atoms with E-state index in [1.807, 2.05) is 0 Å². The Kier molecular flexibility index (Phi) is 9.08. The summed E-state index contributed by atoms with van der Waals surface area (Å²) in [6.45, 7) is 0. The molecule has 0 unspecified atom stereocenters. The first kappa shape index (κ1) is 28.3. The number of halogens is 6. The smallest absolute Gasteiger partial charge is 0.480 e. The van der Waals surface area contributed by atoms with Gasteiger partial charge in [-0.1, -0.05) is 42.5 Å². The summed E-state index contributed by atoms with van der Waals surface area (Å²) >= 11 is 11.8. The molecule has 4 N–H and O–H groups in total. The predicted molar refractivity (Wildman–Crippen MR) is 128 cm³/mol. The molecular formula is C23H21Cl2F4N3O5. The summed E-state index contributed by atoms with van der Waals surface area (Å²) in [6.07, 6.45) is -1.09. The SMILES string of the molecule is O=C(Nc1cc(F)ccc1C(=O)N[C@H](C(=O)O)C1CCCCC1)Nc1c(Cl)cc(OC(F)(F)F)cc1Cl. The number of nitrogens with one attached hydrogen (secondary N) is 3. The molecule has 14 heteroatoms. The highest BCUT2D eigenvalue weighted by atomic mass is 35.5. The van der Waals surface area contributed by atoms with Crippen molar-refractivity contribution < 1.29 is 41.8 Å². The van der Waals surface area contributed by atoms with E-state index in [2.05, 4.69) is 20.7 Å². The van der Waals surface area contributed by atoms with Crippen molar-refractivity contribution in [2.24, 2.45) is 5.92 Å². The lowest BCUT2D eigenvalue weighted by Gasteiger charge is -2.28. The minimum Gasteiger partial charge on any atom is -0.480 e. The minimum absolute atomic E-state index is 0.218. The van der Waals surface area contributed by atoms with Gasteiger partial charge in [-0.2, -0.15) is 0 Å². The molecule has 2 aromatic rings. The van der Waals surface area contributed by atoms with Crippen LogP contribution < -0.4 is 20.7 Å². The van der Waals surface area contributed by atoms with Gasteiger partial charge in [-0.15, -0.1) is 13.2 Å². The lowest BCUT2D eigenvalue weighted by molar-refractivity contribution is -0.274. The third-order valence-electron chi connectivity index (χ3n) is 5.64. The van der Waals surface area contributed by atoms with Crippen LogP contribution in [-0.4, -0.2) is 35.4 Å². The maximum atomic E-state index is 13.9. The quantitative estimate of drug-likeness (QED) is 0.288. The van der Waals surface area contributed by atoms with Crippen LogP contribution in [0.1, 0.15) is 42.5 Å². The lowest BCUT2D eigenvalue weighted by atomic mass is 9.84. The molecule has 37 heavy (non-hydrogen) atoms. The second kappa shape index (κ2) is 11.9. The molecule has 8 nitrogen and oxygen atoms in total. The van der Waals surface area contributed by atoms with Gasteiger partial charge in [0, 0.05) is 12.1 Å². The van der Waals surface area contributed by atoms with Crippen molar-refractivity contribution in [3.63, 3.8) is 0 Å². The van der Waals surface area contributed by atoms with Crippen LogP contribution in [-0.2, 0) is 4.79 Å². The van der Waals surface area contributed by atoms with Crippen LogP contribution in [0.25, 0.3) is 0 Å². The Hall–Kier alpha value is -3.25. The van der Waals surface area contributed by atoms with E-state index >= 15 is 0 Å². The fraction of sp³-hybridized carbons (Fsp3) is 0.348. The fourth-order valence-corrected chi connectivity index (χ4v) is 4.58. The van der Waals surface area contributed by atoms with Gasteiger partial charge < -0.3 is 25.8 Å². The van der Waals surface area contributed by atoms with E-state index < -0.39 is 51.9 Å². The van der Waals surface area contributed by atoms with Crippen LogP contribution >= 0.6 is 23.2 Å². The van der Waals surface area contributed by atoms with Gasteiger partial charge in [0.15, 0.2) is 0 Å². The van der Waals surface area contributed by atoms with Crippen LogP contribution in [0.5, 0.6) is 5.75 Å². The average molecular weight is 566 g/mol. The predicted octanol–water partition coefficient (Wildman–Crippen LogP) is 6.44.